The molecule has 0 aliphatic carbocycles. The van der Waals surface area contributed by atoms with Gasteiger partial charge in [0.1, 0.15) is 12.4 Å². The lowest BCUT2D eigenvalue weighted by Crippen LogP contribution is -2.46. The number of nitrogens with zero attached hydrogens (tertiary/aromatic N) is 2. The van der Waals surface area contributed by atoms with Crippen molar-refractivity contribution in [2.24, 2.45) is 0 Å². The molecule has 5 heteroatoms. The van der Waals surface area contributed by atoms with Gasteiger partial charge in [-0.2, -0.15) is 0 Å². The van der Waals surface area contributed by atoms with Crippen molar-refractivity contribution >= 4 is 17.7 Å². The first-order valence-electron chi connectivity index (χ1n) is 10.9. The number of rotatable bonds is 7. The van der Waals surface area contributed by atoms with Crippen molar-refractivity contribution in [3.8, 4) is 5.75 Å². The Morgan fingerprint density at radius 3 is 2.60 bits per heavy atom. The number of carbonyl (C=O) groups excluding carboxylic acids is 1. The van der Waals surface area contributed by atoms with Gasteiger partial charge in [0.2, 0.25) is 0 Å². The maximum absolute atomic E-state index is 12.4. The lowest BCUT2D eigenvalue weighted by molar-refractivity contribution is -0.117. The molecule has 2 aromatic carbocycles. The van der Waals surface area contributed by atoms with Crippen LogP contribution in [-0.4, -0.2) is 56.7 Å². The summed E-state index contributed by atoms with van der Waals surface area (Å²) in [7, 11) is 0. The number of ether oxygens (including phenoxy) is 1. The van der Waals surface area contributed by atoms with Crippen molar-refractivity contribution in [3.05, 3.63) is 65.2 Å². The third-order valence-corrected chi connectivity index (χ3v) is 5.94. The van der Waals surface area contributed by atoms with Gasteiger partial charge in [-0.25, -0.2) is 0 Å². The molecular weight excluding hydrogens is 374 g/mol. The van der Waals surface area contributed by atoms with E-state index in [0.29, 0.717) is 18.7 Å². The molecular formula is C25H31N3O2. The second-order valence-corrected chi connectivity index (χ2v) is 8.07. The van der Waals surface area contributed by atoms with Crippen molar-refractivity contribution in [1.82, 2.24) is 10.2 Å². The number of piperazine rings is 1. The summed E-state index contributed by atoms with van der Waals surface area (Å²) in [6, 6.07) is 16.4. The molecule has 0 unspecified atom stereocenters. The van der Waals surface area contributed by atoms with E-state index in [1.807, 2.05) is 30.3 Å². The lowest BCUT2D eigenvalue weighted by atomic mass is 10.1. The fraction of sp³-hybridized carbons (Fsp3) is 0.400. The van der Waals surface area contributed by atoms with Gasteiger partial charge in [0, 0.05) is 44.0 Å². The van der Waals surface area contributed by atoms with Crippen LogP contribution in [0.1, 0.15) is 24.0 Å². The van der Waals surface area contributed by atoms with Crippen LogP contribution in [0.25, 0.3) is 6.08 Å². The molecule has 0 aromatic heterocycles. The molecule has 2 heterocycles. The van der Waals surface area contributed by atoms with E-state index in [9.17, 15) is 4.79 Å². The third kappa shape index (κ3) is 5.03. The first kappa shape index (κ1) is 20.5. The molecule has 2 aliphatic heterocycles. The molecule has 0 atom stereocenters. The van der Waals surface area contributed by atoms with Crippen LogP contribution in [0.5, 0.6) is 5.75 Å². The second-order valence-electron chi connectivity index (χ2n) is 8.07. The summed E-state index contributed by atoms with van der Waals surface area (Å²) in [5, 5.41) is 3.04. The van der Waals surface area contributed by atoms with E-state index >= 15 is 0 Å². The lowest BCUT2D eigenvalue weighted by Gasteiger charge is -2.36. The van der Waals surface area contributed by atoms with Gasteiger partial charge in [-0.1, -0.05) is 36.4 Å². The van der Waals surface area contributed by atoms with E-state index in [4.69, 9.17) is 4.74 Å². The third-order valence-electron chi connectivity index (χ3n) is 5.94. The quantitative estimate of drug-likeness (QED) is 0.717. The van der Waals surface area contributed by atoms with Gasteiger partial charge in [-0.15, -0.1) is 0 Å². The predicted molar refractivity (Wildman–Crippen MR) is 122 cm³/mol. The van der Waals surface area contributed by atoms with Gasteiger partial charge in [-0.3, -0.25) is 9.69 Å². The number of anilines is 1. The Morgan fingerprint density at radius 1 is 1.00 bits per heavy atom. The van der Waals surface area contributed by atoms with E-state index in [1.54, 1.807) is 0 Å². The molecule has 4 rings (SSSR count). The highest BCUT2D eigenvalue weighted by atomic mass is 16.5. The van der Waals surface area contributed by atoms with Gasteiger partial charge >= 0.3 is 0 Å². The number of para-hydroxylation sites is 2. The van der Waals surface area contributed by atoms with E-state index in [1.165, 1.54) is 11.3 Å². The molecule has 1 N–H and O–H groups in total. The molecule has 5 nitrogen and oxygen atoms in total. The molecule has 0 saturated carbocycles. The van der Waals surface area contributed by atoms with Crippen molar-refractivity contribution < 1.29 is 9.53 Å². The molecule has 1 fully saturated rings. The first-order valence-corrected chi connectivity index (χ1v) is 10.9. The van der Waals surface area contributed by atoms with Crippen molar-refractivity contribution in [2.45, 2.75) is 19.8 Å². The molecule has 2 aliphatic rings. The number of benzene rings is 2. The maximum Gasteiger partial charge on any atom is 0.250 e. The Labute approximate surface area is 179 Å². The number of hydrogen-bond donors (Lipinski definition) is 1. The average molecular weight is 406 g/mol. The number of hydrogen-bond acceptors (Lipinski definition) is 4. The number of amides is 1. The van der Waals surface area contributed by atoms with Gasteiger partial charge in [0.15, 0.2) is 0 Å². The zero-order valence-corrected chi connectivity index (χ0v) is 17.8. The van der Waals surface area contributed by atoms with Gasteiger partial charge in [0.25, 0.3) is 5.91 Å². The largest absolute Gasteiger partial charge is 0.488 e. The standard InChI is InChI=1S/C25H31N3O2/c1-20-8-2-4-10-23(20)28-16-14-27(15-17-28)13-7-6-12-26-25(29)22-18-21-9-3-5-11-24(21)30-19-22/h2-5,8-11,18H,6-7,12-17,19H2,1H3,(H,26,29). The molecule has 0 bridgehead atoms. The van der Waals surface area contributed by atoms with Crippen molar-refractivity contribution in [2.75, 3.05) is 50.8 Å². The molecule has 30 heavy (non-hydrogen) atoms. The first-order chi connectivity index (χ1) is 14.7. The zero-order chi connectivity index (χ0) is 20.8. The summed E-state index contributed by atoms with van der Waals surface area (Å²) in [5.41, 5.74) is 4.38. The van der Waals surface area contributed by atoms with Crippen LogP contribution in [0.2, 0.25) is 0 Å². The van der Waals surface area contributed by atoms with E-state index in [0.717, 1.165) is 56.9 Å². The monoisotopic (exact) mass is 405 g/mol. The van der Waals surface area contributed by atoms with Crippen LogP contribution < -0.4 is 15.0 Å². The summed E-state index contributed by atoms with van der Waals surface area (Å²) in [6.07, 6.45) is 4.03. The summed E-state index contributed by atoms with van der Waals surface area (Å²) in [6.45, 7) is 8.69. The van der Waals surface area contributed by atoms with Gasteiger partial charge < -0.3 is 15.0 Å². The Morgan fingerprint density at radius 2 is 1.77 bits per heavy atom. The fourth-order valence-corrected chi connectivity index (χ4v) is 4.15. The van der Waals surface area contributed by atoms with Gasteiger partial charge in [0.05, 0.1) is 5.57 Å². The number of nitrogens with one attached hydrogen (secondary N) is 1. The average Bonchev–Trinajstić information content (AvgIpc) is 2.79. The minimum Gasteiger partial charge on any atom is -0.488 e. The zero-order valence-electron chi connectivity index (χ0n) is 17.8. The van der Waals surface area contributed by atoms with Gasteiger partial charge in [-0.05, 0) is 50.1 Å². The van der Waals surface area contributed by atoms with Crippen LogP contribution in [0.15, 0.2) is 54.1 Å². The van der Waals surface area contributed by atoms with Crippen LogP contribution in [-0.2, 0) is 4.79 Å². The van der Waals surface area contributed by atoms with E-state index in [-0.39, 0.29) is 5.91 Å². The van der Waals surface area contributed by atoms with E-state index < -0.39 is 0 Å². The smallest absolute Gasteiger partial charge is 0.250 e. The summed E-state index contributed by atoms with van der Waals surface area (Å²) < 4.78 is 5.67. The van der Waals surface area contributed by atoms with Crippen LogP contribution >= 0.6 is 0 Å². The second kappa shape index (κ2) is 9.81. The summed E-state index contributed by atoms with van der Waals surface area (Å²) in [4.78, 5) is 17.4. The Kier molecular flexibility index (Phi) is 6.70. The highest BCUT2D eigenvalue weighted by molar-refractivity contribution is 5.99. The summed E-state index contributed by atoms with van der Waals surface area (Å²) in [5.74, 6) is 0.827. The van der Waals surface area contributed by atoms with Crippen LogP contribution in [0.4, 0.5) is 5.69 Å². The maximum atomic E-state index is 12.4. The minimum atomic E-state index is -0.0173. The summed E-state index contributed by atoms with van der Waals surface area (Å²) >= 11 is 0. The molecule has 1 saturated heterocycles. The van der Waals surface area contributed by atoms with E-state index in [2.05, 4.69) is 46.3 Å². The molecule has 158 valence electrons. The Hall–Kier alpha value is -2.79. The van der Waals surface area contributed by atoms with Crippen molar-refractivity contribution in [1.29, 1.82) is 0 Å². The fourth-order valence-electron chi connectivity index (χ4n) is 4.15. The molecule has 1 amide bonds. The number of unbranched alkanes of at least 4 members (excludes halogenated alkanes) is 1. The molecule has 0 radical (unpaired) electrons. The highest BCUT2D eigenvalue weighted by Crippen LogP contribution is 2.25. The Bertz CT molecular complexity index is 901. The highest BCUT2D eigenvalue weighted by Gasteiger charge is 2.18. The number of carbonyl (C=O) groups is 1. The topological polar surface area (TPSA) is 44.8 Å². The van der Waals surface area contributed by atoms with Crippen LogP contribution in [0.3, 0.4) is 0 Å². The SMILES string of the molecule is Cc1ccccc1N1CCN(CCCCNC(=O)C2=Cc3ccccc3OC2)CC1. The normalized spacial score (nSPS) is 16.4. The molecule has 2 aromatic rings. The van der Waals surface area contributed by atoms with Crippen LogP contribution in [0, 0.1) is 6.92 Å². The minimum absolute atomic E-state index is 0.0173. The Balaban J connectivity index is 1.13. The van der Waals surface area contributed by atoms with Crippen molar-refractivity contribution in [3.63, 3.8) is 0 Å². The number of aryl methyl sites for hydroxylation is 1. The number of fused-ring (bicyclic) bond motifs is 1. The predicted octanol–water partition coefficient (Wildman–Crippen LogP) is 3.49. The molecule has 0 spiro atoms.